The first kappa shape index (κ1) is 12.8. The van der Waals surface area contributed by atoms with Crippen molar-refractivity contribution < 1.29 is 14.7 Å². The van der Waals surface area contributed by atoms with Gasteiger partial charge in [-0.3, -0.25) is 14.6 Å². The lowest BCUT2D eigenvalue weighted by molar-refractivity contribution is -0.142. The summed E-state index contributed by atoms with van der Waals surface area (Å²) in [6.07, 6.45) is 5.56. The Labute approximate surface area is 122 Å². The van der Waals surface area contributed by atoms with E-state index in [-0.39, 0.29) is 23.8 Å². The van der Waals surface area contributed by atoms with E-state index in [0.717, 1.165) is 6.42 Å². The van der Waals surface area contributed by atoms with Crippen LogP contribution in [0.5, 0.6) is 0 Å². The summed E-state index contributed by atoms with van der Waals surface area (Å²) in [4.78, 5) is 27.6. The fourth-order valence-electron chi connectivity index (χ4n) is 3.72. The van der Waals surface area contributed by atoms with Crippen LogP contribution in [0.4, 0.5) is 0 Å². The monoisotopic (exact) mass is 286 g/mol. The fourth-order valence-corrected chi connectivity index (χ4v) is 3.72. The molecule has 4 atom stereocenters. The van der Waals surface area contributed by atoms with Gasteiger partial charge >= 0.3 is 5.97 Å². The summed E-state index contributed by atoms with van der Waals surface area (Å²) in [7, 11) is 0. The first-order valence-corrected chi connectivity index (χ1v) is 7.63. The predicted octanol–water partition coefficient (Wildman–Crippen LogP) is 1.80. The van der Waals surface area contributed by atoms with Crippen LogP contribution in [-0.4, -0.2) is 28.0 Å². The summed E-state index contributed by atoms with van der Waals surface area (Å²) in [6.45, 7) is 0. The number of carbonyl (C=O) groups is 2. The van der Waals surface area contributed by atoms with Gasteiger partial charge in [0.05, 0.1) is 5.92 Å². The van der Waals surface area contributed by atoms with Crippen molar-refractivity contribution in [3.05, 3.63) is 29.6 Å². The largest absolute Gasteiger partial charge is 0.481 e. The highest BCUT2D eigenvalue weighted by atomic mass is 16.4. The topological polar surface area (TPSA) is 79.3 Å². The summed E-state index contributed by atoms with van der Waals surface area (Å²) in [5.74, 6) is 0.0220. The Hall–Kier alpha value is -1.91. The van der Waals surface area contributed by atoms with Crippen molar-refractivity contribution in [1.82, 2.24) is 10.3 Å². The van der Waals surface area contributed by atoms with Gasteiger partial charge < -0.3 is 10.4 Å². The molecule has 3 aliphatic carbocycles. The normalized spacial score (nSPS) is 33.3. The second-order valence-corrected chi connectivity index (χ2v) is 6.57. The third kappa shape index (κ3) is 2.30. The number of amides is 1. The lowest BCUT2D eigenvalue weighted by atomic mass is 10.0. The number of nitrogens with zero attached hydrogens (tertiary/aromatic N) is 1. The third-order valence-corrected chi connectivity index (χ3v) is 5.13. The van der Waals surface area contributed by atoms with Crippen molar-refractivity contribution in [2.75, 3.05) is 0 Å². The molecule has 1 aromatic rings. The minimum Gasteiger partial charge on any atom is -0.481 e. The zero-order valence-corrected chi connectivity index (χ0v) is 11.7. The van der Waals surface area contributed by atoms with E-state index in [1.165, 1.54) is 18.4 Å². The van der Waals surface area contributed by atoms with Crippen LogP contribution in [0.1, 0.15) is 47.7 Å². The van der Waals surface area contributed by atoms with Gasteiger partial charge in [0.25, 0.3) is 5.91 Å². The van der Waals surface area contributed by atoms with Crippen LogP contribution in [0, 0.1) is 17.8 Å². The molecule has 0 aliphatic heterocycles. The molecule has 3 fully saturated rings. The van der Waals surface area contributed by atoms with Crippen LogP contribution < -0.4 is 5.32 Å². The number of carbonyl (C=O) groups excluding carboxylic acids is 1. The molecule has 0 unspecified atom stereocenters. The number of aromatic nitrogens is 1. The summed E-state index contributed by atoms with van der Waals surface area (Å²) in [5, 5.41) is 12.2. The third-order valence-electron chi connectivity index (χ3n) is 5.13. The van der Waals surface area contributed by atoms with E-state index in [9.17, 15) is 9.59 Å². The molecule has 1 aromatic heterocycles. The molecule has 3 saturated carbocycles. The fraction of sp³-hybridized carbons (Fsp3) is 0.562. The Kier molecular flexibility index (Phi) is 2.77. The van der Waals surface area contributed by atoms with Crippen LogP contribution in [0.3, 0.4) is 0 Å². The van der Waals surface area contributed by atoms with E-state index in [1.54, 1.807) is 6.20 Å². The molecule has 5 nitrogen and oxygen atoms in total. The molecule has 1 amide bonds. The molecule has 5 heteroatoms. The number of hydrogen-bond acceptors (Lipinski definition) is 3. The smallest absolute Gasteiger partial charge is 0.306 e. The Bertz CT molecular complexity index is 611. The van der Waals surface area contributed by atoms with E-state index in [0.29, 0.717) is 24.0 Å². The Morgan fingerprint density at radius 3 is 2.71 bits per heavy atom. The SMILES string of the molecule is O=C(N[C@H]1C[C@@H](C(=O)O)[C@@H]2C[C@@H]21)c1cc(C2CC2)ccn1. The van der Waals surface area contributed by atoms with Crippen molar-refractivity contribution in [1.29, 1.82) is 0 Å². The van der Waals surface area contributed by atoms with Gasteiger partial charge in [-0.2, -0.15) is 0 Å². The summed E-state index contributed by atoms with van der Waals surface area (Å²) in [5.41, 5.74) is 1.64. The highest BCUT2D eigenvalue weighted by Gasteiger charge is 2.57. The molecule has 3 aliphatic rings. The van der Waals surface area contributed by atoms with E-state index in [4.69, 9.17) is 5.11 Å². The van der Waals surface area contributed by atoms with E-state index in [2.05, 4.69) is 10.3 Å². The maximum atomic E-state index is 12.3. The Balaban J connectivity index is 1.44. The number of carboxylic acid groups (broad SMARTS) is 1. The van der Waals surface area contributed by atoms with E-state index < -0.39 is 5.97 Å². The minimum atomic E-state index is -0.729. The second kappa shape index (κ2) is 4.55. The number of rotatable bonds is 4. The van der Waals surface area contributed by atoms with Crippen LogP contribution >= 0.6 is 0 Å². The van der Waals surface area contributed by atoms with Crippen molar-refractivity contribution in [3.8, 4) is 0 Å². The first-order valence-electron chi connectivity index (χ1n) is 7.63. The molecule has 0 aromatic carbocycles. The van der Waals surface area contributed by atoms with Gasteiger partial charge in [0.1, 0.15) is 5.69 Å². The van der Waals surface area contributed by atoms with E-state index >= 15 is 0 Å². The summed E-state index contributed by atoms with van der Waals surface area (Å²) >= 11 is 0. The standard InChI is InChI=1S/C16H18N2O3/c19-15(14-5-9(3-4-17-14)8-1-2-8)18-13-7-12(16(20)21)10-6-11(10)13/h3-5,8,10-13H,1-2,6-7H2,(H,18,19)(H,20,21)/t10-,11+,12-,13+/m1/s1. The molecule has 0 saturated heterocycles. The number of fused-ring (bicyclic) bond motifs is 1. The lowest BCUT2D eigenvalue weighted by Gasteiger charge is -2.15. The van der Waals surface area contributed by atoms with Crippen molar-refractivity contribution in [2.45, 2.75) is 37.6 Å². The van der Waals surface area contributed by atoms with Gasteiger partial charge in [0.2, 0.25) is 0 Å². The average molecular weight is 286 g/mol. The maximum Gasteiger partial charge on any atom is 0.306 e. The highest BCUT2D eigenvalue weighted by molar-refractivity contribution is 5.92. The second-order valence-electron chi connectivity index (χ2n) is 6.57. The number of nitrogens with one attached hydrogen (secondary N) is 1. The lowest BCUT2D eigenvalue weighted by Crippen LogP contribution is -2.36. The molecule has 2 N–H and O–H groups in total. The first-order chi connectivity index (χ1) is 10.1. The van der Waals surface area contributed by atoms with Gasteiger partial charge in [-0.25, -0.2) is 0 Å². The average Bonchev–Trinajstić information content (AvgIpc) is 3.37. The van der Waals surface area contributed by atoms with Crippen LogP contribution in [-0.2, 0) is 4.79 Å². The summed E-state index contributed by atoms with van der Waals surface area (Å²) in [6, 6.07) is 3.84. The number of hydrogen-bond donors (Lipinski definition) is 2. The molecule has 0 bridgehead atoms. The van der Waals surface area contributed by atoms with Gasteiger partial charge in [0, 0.05) is 12.2 Å². The number of aliphatic carboxylic acids is 1. The van der Waals surface area contributed by atoms with Crippen molar-refractivity contribution in [3.63, 3.8) is 0 Å². The molecule has 0 spiro atoms. The van der Waals surface area contributed by atoms with Gasteiger partial charge in [-0.05, 0) is 61.1 Å². The highest BCUT2D eigenvalue weighted by Crippen LogP contribution is 2.55. The predicted molar refractivity (Wildman–Crippen MR) is 74.8 cm³/mol. The number of carboxylic acids is 1. The van der Waals surface area contributed by atoms with Crippen molar-refractivity contribution >= 4 is 11.9 Å². The Morgan fingerprint density at radius 2 is 2.05 bits per heavy atom. The molecular formula is C16H18N2O3. The van der Waals surface area contributed by atoms with Gasteiger partial charge in [-0.1, -0.05) is 0 Å². The molecule has 1 heterocycles. The maximum absolute atomic E-state index is 12.3. The quantitative estimate of drug-likeness (QED) is 0.884. The zero-order chi connectivity index (χ0) is 14.6. The van der Waals surface area contributed by atoms with Gasteiger partial charge in [0.15, 0.2) is 0 Å². The molecule has 0 radical (unpaired) electrons. The van der Waals surface area contributed by atoms with Gasteiger partial charge in [-0.15, -0.1) is 0 Å². The van der Waals surface area contributed by atoms with E-state index in [1.807, 2.05) is 12.1 Å². The Morgan fingerprint density at radius 1 is 1.24 bits per heavy atom. The molecule has 4 rings (SSSR count). The molecule has 21 heavy (non-hydrogen) atoms. The zero-order valence-electron chi connectivity index (χ0n) is 11.7. The van der Waals surface area contributed by atoms with Crippen LogP contribution in [0.15, 0.2) is 18.3 Å². The van der Waals surface area contributed by atoms with Crippen LogP contribution in [0.25, 0.3) is 0 Å². The number of pyridine rings is 1. The minimum absolute atomic E-state index is 0.00465. The molecule has 110 valence electrons. The summed E-state index contributed by atoms with van der Waals surface area (Å²) < 4.78 is 0. The van der Waals surface area contributed by atoms with Crippen molar-refractivity contribution in [2.24, 2.45) is 17.8 Å². The molecular weight excluding hydrogens is 268 g/mol. The van der Waals surface area contributed by atoms with Crippen LogP contribution in [0.2, 0.25) is 0 Å².